The predicted octanol–water partition coefficient (Wildman–Crippen LogP) is -0.253. The van der Waals surface area contributed by atoms with Crippen LogP contribution in [0.1, 0.15) is 19.8 Å². The number of oxime groups is 1. The Morgan fingerprint density at radius 1 is 1.53 bits per heavy atom. The second kappa shape index (κ2) is 5.27. The second-order valence-electron chi connectivity index (χ2n) is 4.37. The van der Waals surface area contributed by atoms with E-state index in [0.717, 1.165) is 26.2 Å². The van der Waals surface area contributed by atoms with E-state index in [-0.39, 0.29) is 17.8 Å². The largest absolute Gasteiger partial charge is 0.343 e. The number of nitrogens with zero attached hydrogens (tertiary/aromatic N) is 2. The summed E-state index contributed by atoms with van der Waals surface area (Å²) >= 11 is 0. The summed E-state index contributed by atoms with van der Waals surface area (Å²) in [6.45, 7) is 4.95. The molecule has 0 radical (unpaired) electrons. The van der Waals surface area contributed by atoms with Gasteiger partial charge in [0.2, 0.25) is 5.91 Å². The Bertz CT molecular complexity index is 348. The van der Waals surface area contributed by atoms with Crippen LogP contribution in [0.5, 0.6) is 0 Å². The summed E-state index contributed by atoms with van der Waals surface area (Å²) in [6, 6.07) is 0. The van der Waals surface area contributed by atoms with Gasteiger partial charge in [0.15, 0.2) is 0 Å². The first-order chi connectivity index (χ1) is 8.18. The number of hydrogen-bond acceptors (Lipinski definition) is 5. The van der Waals surface area contributed by atoms with Crippen LogP contribution in [-0.2, 0) is 14.4 Å². The van der Waals surface area contributed by atoms with Crippen molar-refractivity contribution < 1.29 is 14.4 Å². The van der Waals surface area contributed by atoms with Crippen LogP contribution in [0, 0.1) is 5.92 Å². The van der Waals surface area contributed by atoms with Gasteiger partial charge in [-0.3, -0.25) is 4.79 Å². The molecule has 0 aliphatic carbocycles. The van der Waals surface area contributed by atoms with Gasteiger partial charge in [-0.25, -0.2) is 4.79 Å². The molecular weight excluding hydrogens is 222 g/mol. The third-order valence-electron chi connectivity index (χ3n) is 3.19. The van der Waals surface area contributed by atoms with Gasteiger partial charge < -0.3 is 15.1 Å². The third-order valence-corrected chi connectivity index (χ3v) is 3.19. The highest BCUT2D eigenvalue weighted by atomic mass is 16.7. The number of carbonyl (C=O) groups excluding carboxylic acids is 2. The average molecular weight is 239 g/mol. The van der Waals surface area contributed by atoms with Crippen molar-refractivity contribution in [2.24, 2.45) is 11.1 Å². The quantitative estimate of drug-likeness (QED) is 0.689. The number of nitrogens with one attached hydrogen (secondary N) is 1. The highest BCUT2D eigenvalue weighted by Gasteiger charge is 2.30. The maximum Gasteiger partial charge on any atom is 0.343 e. The average Bonchev–Trinajstić information content (AvgIpc) is 2.67. The minimum Gasteiger partial charge on any atom is -0.340 e. The number of amides is 1. The summed E-state index contributed by atoms with van der Waals surface area (Å²) in [5.74, 6) is -0.559. The topological polar surface area (TPSA) is 71.0 Å². The molecule has 94 valence electrons. The van der Waals surface area contributed by atoms with E-state index in [1.54, 1.807) is 6.92 Å². The van der Waals surface area contributed by atoms with Crippen molar-refractivity contribution in [2.75, 3.05) is 26.2 Å². The van der Waals surface area contributed by atoms with Gasteiger partial charge in [-0.05, 0) is 13.3 Å². The fraction of sp³-hybridized carbons (Fsp3) is 0.727. The molecule has 1 saturated heterocycles. The fourth-order valence-corrected chi connectivity index (χ4v) is 2.08. The predicted molar refractivity (Wildman–Crippen MR) is 61.4 cm³/mol. The Hall–Kier alpha value is -1.43. The molecule has 1 atom stereocenters. The maximum absolute atomic E-state index is 11.9. The van der Waals surface area contributed by atoms with E-state index in [9.17, 15) is 9.59 Å². The molecule has 0 bridgehead atoms. The molecule has 0 aromatic carbocycles. The van der Waals surface area contributed by atoms with Gasteiger partial charge in [0.05, 0.1) is 5.71 Å². The molecule has 2 aliphatic rings. The summed E-state index contributed by atoms with van der Waals surface area (Å²) in [4.78, 5) is 29.6. The zero-order valence-corrected chi connectivity index (χ0v) is 9.94. The monoisotopic (exact) mass is 239 g/mol. The van der Waals surface area contributed by atoms with E-state index < -0.39 is 0 Å². The standard InChI is InChI=1S/C11H17N3O3/c1-8-9(11(16)17-13-8)2-3-10(15)14-6-4-12-5-7-14/h9,12H,2-7H2,1H3. The first-order valence-corrected chi connectivity index (χ1v) is 5.92. The van der Waals surface area contributed by atoms with Crippen LogP contribution < -0.4 is 5.32 Å². The Labute approximate surface area is 100.0 Å². The van der Waals surface area contributed by atoms with Crippen molar-refractivity contribution in [1.29, 1.82) is 0 Å². The lowest BCUT2D eigenvalue weighted by Crippen LogP contribution is -2.46. The van der Waals surface area contributed by atoms with Crippen LogP contribution in [0.3, 0.4) is 0 Å². The molecule has 2 rings (SSSR count). The van der Waals surface area contributed by atoms with E-state index in [0.29, 0.717) is 18.6 Å². The van der Waals surface area contributed by atoms with Crippen LogP contribution >= 0.6 is 0 Å². The van der Waals surface area contributed by atoms with Gasteiger partial charge in [-0.1, -0.05) is 5.16 Å². The zero-order valence-electron chi connectivity index (χ0n) is 9.94. The lowest BCUT2D eigenvalue weighted by atomic mass is 9.99. The molecule has 1 unspecified atom stereocenters. The fourth-order valence-electron chi connectivity index (χ4n) is 2.08. The third kappa shape index (κ3) is 2.82. The number of piperazine rings is 1. The highest BCUT2D eigenvalue weighted by molar-refractivity contribution is 6.03. The van der Waals surface area contributed by atoms with Crippen molar-refractivity contribution in [3.05, 3.63) is 0 Å². The van der Waals surface area contributed by atoms with Crippen LogP contribution in [0.25, 0.3) is 0 Å². The summed E-state index contributed by atoms with van der Waals surface area (Å²) < 4.78 is 0. The Morgan fingerprint density at radius 2 is 2.24 bits per heavy atom. The lowest BCUT2D eigenvalue weighted by molar-refractivity contribution is -0.143. The zero-order chi connectivity index (χ0) is 12.3. The van der Waals surface area contributed by atoms with Crippen LogP contribution in [0.4, 0.5) is 0 Å². The first-order valence-electron chi connectivity index (χ1n) is 5.92. The van der Waals surface area contributed by atoms with Crippen LogP contribution in [0.15, 0.2) is 5.16 Å². The summed E-state index contributed by atoms with van der Waals surface area (Å²) in [6.07, 6.45) is 0.879. The SMILES string of the molecule is CC1=NOC(=O)C1CCC(=O)N1CCNCC1. The van der Waals surface area contributed by atoms with Gasteiger partial charge >= 0.3 is 5.97 Å². The molecular formula is C11H17N3O3. The normalized spacial score (nSPS) is 24.5. The molecule has 2 heterocycles. The first kappa shape index (κ1) is 12.0. The molecule has 1 N–H and O–H groups in total. The molecule has 0 aromatic rings. The van der Waals surface area contributed by atoms with Crippen molar-refractivity contribution in [3.8, 4) is 0 Å². The Morgan fingerprint density at radius 3 is 2.82 bits per heavy atom. The Kier molecular flexibility index (Phi) is 3.73. The van der Waals surface area contributed by atoms with Crippen molar-refractivity contribution in [3.63, 3.8) is 0 Å². The van der Waals surface area contributed by atoms with Gasteiger partial charge in [0.25, 0.3) is 0 Å². The van der Waals surface area contributed by atoms with E-state index in [1.807, 2.05) is 4.90 Å². The molecule has 0 saturated carbocycles. The van der Waals surface area contributed by atoms with Gasteiger partial charge in [0.1, 0.15) is 5.92 Å². The molecule has 1 fully saturated rings. The van der Waals surface area contributed by atoms with Gasteiger partial charge in [-0.15, -0.1) is 0 Å². The number of hydrogen-bond donors (Lipinski definition) is 1. The van der Waals surface area contributed by atoms with E-state index in [2.05, 4.69) is 15.3 Å². The molecule has 6 nitrogen and oxygen atoms in total. The van der Waals surface area contributed by atoms with Gasteiger partial charge in [-0.2, -0.15) is 0 Å². The lowest BCUT2D eigenvalue weighted by Gasteiger charge is -2.27. The second-order valence-corrected chi connectivity index (χ2v) is 4.37. The summed E-state index contributed by atoms with van der Waals surface area (Å²) in [7, 11) is 0. The summed E-state index contributed by atoms with van der Waals surface area (Å²) in [5, 5.41) is 6.82. The van der Waals surface area contributed by atoms with Gasteiger partial charge in [0, 0.05) is 32.6 Å². The molecule has 1 amide bonds. The highest BCUT2D eigenvalue weighted by Crippen LogP contribution is 2.18. The van der Waals surface area contributed by atoms with E-state index in [1.165, 1.54) is 0 Å². The van der Waals surface area contributed by atoms with Crippen LogP contribution in [-0.4, -0.2) is 48.7 Å². The number of carbonyl (C=O) groups is 2. The molecule has 6 heteroatoms. The Balaban J connectivity index is 1.79. The van der Waals surface area contributed by atoms with Crippen molar-refractivity contribution in [1.82, 2.24) is 10.2 Å². The van der Waals surface area contributed by atoms with E-state index >= 15 is 0 Å². The summed E-state index contributed by atoms with van der Waals surface area (Å²) in [5.41, 5.74) is 0.670. The van der Waals surface area contributed by atoms with Crippen molar-refractivity contribution >= 4 is 17.6 Å². The maximum atomic E-state index is 11.9. The molecule has 0 spiro atoms. The molecule has 0 aromatic heterocycles. The minimum atomic E-state index is -0.337. The minimum absolute atomic E-state index is 0.110. The smallest absolute Gasteiger partial charge is 0.340 e. The van der Waals surface area contributed by atoms with Crippen LogP contribution in [0.2, 0.25) is 0 Å². The number of rotatable bonds is 3. The van der Waals surface area contributed by atoms with E-state index in [4.69, 9.17) is 0 Å². The molecule has 2 aliphatic heterocycles. The molecule has 17 heavy (non-hydrogen) atoms. The van der Waals surface area contributed by atoms with Crippen molar-refractivity contribution in [2.45, 2.75) is 19.8 Å².